The highest BCUT2D eigenvalue weighted by atomic mass is 127. The third-order valence-corrected chi connectivity index (χ3v) is 4.17. The summed E-state index contributed by atoms with van der Waals surface area (Å²) in [5.74, 6) is -1.03. The number of aromatic nitrogens is 1. The first-order chi connectivity index (χ1) is 9.95. The van der Waals surface area contributed by atoms with Gasteiger partial charge in [-0.1, -0.05) is 0 Å². The number of benzene rings is 1. The van der Waals surface area contributed by atoms with E-state index >= 15 is 0 Å². The Kier molecular flexibility index (Phi) is 5.12. The van der Waals surface area contributed by atoms with E-state index in [0.29, 0.717) is 10.9 Å². The standard InChI is InChI=1S/C13H11IN2O4S/c1-7-6-21-13(15-7)16-11(17)5-20-10-4-8(12(18)19)2-3-9(10)14/h2-4,6H,5H2,1H3,(H,18,19)(H,15,16,17). The van der Waals surface area contributed by atoms with Crippen LogP contribution in [-0.4, -0.2) is 28.6 Å². The summed E-state index contributed by atoms with van der Waals surface area (Å²) in [6.45, 7) is 1.63. The molecule has 1 heterocycles. The van der Waals surface area contributed by atoms with E-state index in [1.807, 2.05) is 34.9 Å². The summed E-state index contributed by atoms with van der Waals surface area (Å²) < 4.78 is 6.09. The third-order valence-electron chi connectivity index (χ3n) is 2.40. The van der Waals surface area contributed by atoms with Gasteiger partial charge in [-0.15, -0.1) is 11.3 Å². The lowest BCUT2D eigenvalue weighted by Gasteiger charge is -2.08. The maximum atomic E-state index is 11.7. The van der Waals surface area contributed by atoms with Crippen molar-refractivity contribution in [2.45, 2.75) is 6.92 Å². The van der Waals surface area contributed by atoms with Crippen LogP contribution in [0.4, 0.5) is 5.13 Å². The van der Waals surface area contributed by atoms with Gasteiger partial charge in [0.15, 0.2) is 11.7 Å². The number of carboxylic acids is 1. The third kappa shape index (κ3) is 4.39. The number of rotatable bonds is 5. The van der Waals surface area contributed by atoms with E-state index in [1.54, 1.807) is 6.07 Å². The first kappa shape index (κ1) is 15.7. The highest BCUT2D eigenvalue weighted by molar-refractivity contribution is 14.1. The molecule has 0 bridgehead atoms. The van der Waals surface area contributed by atoms with Crippen molar-refractivity contribution in [3.8, 4) is 5.75 Å². The smallest absolute Gasteiger partial charge is 0.335 e. The van der Waals surface area contributed by atoms with Crippen LogP contribution in [0, 0.1) is 10.5 Å². The molecule has 2 rings (SSSR count). The van der Waals surface area contributed by atoms with Gasteiger partial charge in [0.2, 0.25) is 0 Å². The number of halogens is 1. The van der Waals surface area contributed by atoms with Crippen molar-refractivity contribution >= 4 is 50.9 Å². The molecule has 0 atom stereocenters. The van der Waals surface area contributed by atoms with Gasteiger partial charge in [0, 0.05) is 5.38 Å². The van der Waals surface area contributed by atoms with Crippen LogP contribution in [0.3, 0.4) is 0 Å². The normalized spacial score (nSPS) is 10.2. The van der Waals surface area contributed by atoms with E-state index < -0.39 is 5.97 Å². The van der Waals surface area contributed by atoms with Gasteiger partial charge in [-0.05, 0) is 47.7 Å². The molecular formula is C13H11IN2O4S. The monoisotopic (exact) mass is 418 g/mol. The number of ether oxygens (including phenoxy) is 1. The second-order valence-corrected chi connectivity index (χ2v) is 6.10. The van der Waals surface area contributed by atoms with E-state index in [0.717, 1.165) is 9.26 Å². The zero-order valence-electron chi connectivity index (χ0n) is 10.9. The molecule has 0 unspecified atom stereocenters. The lowest BCUT2D eigenvalue weighted by Crippen LogP contribution is -2.20. The van der Waals surface area contributed by atoms with Crippen LogP contribution in [0.1, 0.15) is 16.1 Å². The van der Waals surface area contributed by atoms with Crippen LogP contribution in [0.5, 0.6) is 5.75 Å². The number of aromatic carboxylic acids is 1. The molecule has 0 aliphatic carbocycles. The molecule has 0 fully saturated rings. The molecule has 0 spiro atoms. The van der Waals surface area contributed by atoms with Crippen LogP contribution in [0.15, 0.2) is 23.6 Å². The second-order valence-electron chi connectivity index (χ2n) is 4.08. The molecule has 110 valence electrons. The number of carboxylic acid groups (broad SMARTS) is 1. The van der Waals surface area contributed by atoms with Crippen LogP contribution in [0.2, 0.25) is 0 Å². The molecule has 0 saturated heterocycles. The quantitative estimate of drug-likeness (QED) is 0.730. The van der Waals surface area contributed by atoms with Gasteiger partial charge in [0.1, 0.15) is 5.75 Å². The van der Waals surface area contributed by atoms with Crippen LogP contribution >= 0.6 is 33.9 Å². The number of amides is 1. The molecule has 1 amide bonds. The fourth-order valence-corrected chi connectivity index (χ4v) is 2.65. The molecule has 0 aliphatic rings. The second kappa shape index (κ2) is 6.85. The number of aryl methyl sites for hydroxylation is 1. The Hall–Kier alpha value is -1.68. The molecule has 6 nitrogen and oxygen atoms in total. The molecule has 8 heteroatoms. The minimum Gasteiger partial charge on any atom is -0.483 e. The summed E-state index contributed by atoms with van der Waals surface area (Å²) in [7, 11) is 0. The maximum absolute atomic E-state index is 11.7. The van der Waals surface area contributed by atoms with Crippen LogP contribution < -0.4 is 10.1 Å². The predicted molar refractivity (Wildman–Crippen MR) is 87.1 cm³/mol. The van der Waals surface area contributed by atoms with Gasteiger partial charge in [-0.2, -0.15) is 0 Å². The van der Waals surface area contributed by atoms with Crippen LogP contribution in [-0.2, 0) is 4.79 Å². The number of nitrogens with one attached hydrogen (secondary N) is 1. The van der Waals surface area contributed by atoms with E-state index in [1.165, 1.54) is 23.5 Å². The Balaban J connectivity index is 1.97. The van der Waals surface area contributed by atoms with Crippen molar-refractivity contribution in [1.29, 1.82) is 0 Å². The predicted octanol–water partition coefficient (Wildman–Crippen LogP) is 2.77. The minimum absolute atomic E-state index is 0.112. The van der Waals surface area contributed by atoms with Crippen molar-refractivity contribution in [2.75, 3.05) is 11.9 Å². The molecule has 0 radical (unpaired) electrons. The molecule has 0 aliphatic heterocycles. The van der Waals surface area contributed by atoms with E-state index in [-0.39, 0.29) is 18.1 Å². The Morgan fingerprint density at radius 2 is 2.24 bits per heavy atom. The Morgan fingerprint density at radius 1 is 1.48 bits per heavy atom. The number of hydrogen-bond donors (Lipinski definition) is 2. The van der Waals surface area contributed by atoms with Gasteiger partial charge in [-0.3, -0.25) is 10.1 Å². The SMILES string of the molecule is Cc1csc(NC(=O)COc2cc(C(=O)O)ccc2I)n1. The number of carbonyl (C=O) groups is 2. The van der Waals surface area contributed by atoms with Gasteiger partial charge < -0.3 is 9.84 Å². The molecule has 1 aromatic heterocycles. The molecule has 2 N–H and O–H groups in total. The molecule has 2 aromatic rings. The van der Waals surface area contributed by atoms with Gasteiger partial charge >= 0.3 is 5.97 Å². The number of hydrogen-bond acceptors (Lipinski definition) is 5. The van der Waals surface area contributed by atoms with Gasteiger partial charge in [0.05, 0.1) is 14.8 Å². The van der Waals surface area contributed by atoms with Gasteiger partial charge in [0.25, 0.3) is 5.91 Å². The van der Waals surface area contributed by atoms with E-state index in [9.17, 15) is 9.59 Å². The van der Waals surface area contributed by atoms with Crippen molar-refractivity contribution in [3.05, 3.63) is 38.4 Å². The zero-order valence-corrected chi connectivity index (χ0v) is 13.9. The maximum Gasteiger partial charge on any atom is 0.335 e. The number of thiazole rings is 1. The topological polar surface area (TPSA) is 88.5 Å². The Morgan fingerprint density at radius 3 is 2.86 bits per heavy atom. The van der Waals surface area contributed by atoms with Crippen molar-refractivity contribution < 1.29 is 19.4 Å². The van der Waals surface area contributed by atoms with Crippen molar-refractivity contribution in [1.82, 2.24) is 4.98 Å². The van der Waals surface area contributed by atoms with Crippen LogP contribution in [0.25, 0.3) is 0 Å². The zero-order chi connectivity index (χ0) is 15.4. The summed E-state index contributed by atoms with van der Waals surface area (Å²) in [5.41, 5.74) is 0.946. The highest BCUT2D eigenvalue weighted by Gasteiger charge is 2.11. The summed E-state index contributed by atoms with van der Waals surface area (Å²) >= 11 is 3.35. The number of carbonyl (C=O) groups excluding carboxylic acids is 1. The van der Waals surface area contributed by atoms with E-state index in [2.05, 4.69) is 10.3 Å². The molecular weight excluding hydrogens is 407 g/mol. The van der Waals surface area contributed by atoms with E-state index in [4.69, 9.17) is 9.84 Å². The lowest BCUT2D eigenvalue weighted by molar-refractivity contribution is -0.118. The first-order valence-corrected chi connectivity index (χ1v) is 7.79. The average Bonchev–Trinajstić information content (AvgIpc) is 2.82. The molecule has 1 aromatic carbocycles. The summed E-state index contributed by atoms with van der Waals surface area (Å²) in [5, 5.41) is 13.9. The summed E-state index contributed by atoms with van der Waals surface area (Å²) in [6, 6.07) is 4.50. The first-order valence-electron chi connectivity index (χ1n) is 5.83. The Labute approximate surface area is 138 Å². The molecule has 0 saturated carbocycles. The summed E-state index contributed by atoms with van der Waals surface area (Å²) in [4.78, 5) is 26.8. The minimum atomic E-state index is -1.04. The number of anilines is 1. The fraction of sp³-hybridized carbons (Fsp3) is 0.154. The fourth-order valence-electron chi connectivity index (χ4n) is 1.46. The van der Waals surface area contributed by atoms with Crippen molar-refractivity contribution in [3.63, 3.8) is 0 Å². The van der Waals surface area contributed by atoms with Crippen molar-refractivity contribution in [2.24, 2.45) is 0 Å². The lowest BCUT2D eigenvalue weighted by atomic mass is 10.2. The molecule has 21 heavy (non-hydrogen) atoms. The van der Waals surface area contributed by atoms with Gasteiger partial charge in [-0.25, -0.2) is 9.78 Å². The summed E-state index contributed by atoms with van der Waals surface area (Å²) in [6.07, 6.45) is 0. The largest absolute Gasteiger partial charge is 0.483 e. The Bertz CT molecular complexity index is 687. The number of nitrogens with zero attached hydrogens (tertiary/aromatic N) is 1. The highest BCUT2D eigenvalue weighted by Crippen LogP contribution is 2.22. The average molecular weight is 418 g/mol.